The fraction of sp³-hybridized carbons (Fsp3) is 0.588. The van der Waals surface area contributed by atoms with Crippen LogP contribution in [0.4, 0.5) is 0 Å². The largest absolute Gasteiger partial charge is 0.466 e. The molecule has 2 rings (SSSR count). The number of azide groups is 1. The number of hydrogen-bond donors (Lipinski definition) is 4. The summed E-state index contributed by atoms with van der Waals surface area (Å²) >= 11 is 1.02. The number of esters is 1. The van der Waals surface area contributed by atoms with Crippen LogP contribution in [0.2, 0.25) is 0 Å². The molecule has 1 aromatic carbocycles. The van der Waals surface area contributed by atoms with Gasteiger partial charge < -0.3 is 30.5 Å². The molecule has 1 aromatic rings. The molecule has 1 saturated heterocycles. The number of thioether (sulfide) groups is 1. The lowest BCUT2D eigenvalue weighted by Gasteiger charge is -2.45. The Hall–Kier alpha value is -1.85. The lowest BCUT2D eigenvalue weighted by molar-refractivity contribution is -0.200. The maximum Gasteiger partial charge on any atom is 0.349 e. The monoisotopic (exact) mass is 412 g/mol. The smallest absolute Gasteiger partial charge is 0.349 e. The van der Waals surface area contributed by atoms with Crippen LogP contribution in [0.1, 0.15) is 12.0 Å². The third-order valence-corrected chi connectivity index (χ3v) is 5.76. The van der Waals surface area contributed by atoms with Gasteiger partial charge >= 0.3 is 5.97 Å². The first-order chi connectivity index (χ1) is 13.2. The van der Waals surface area contributed by atoms with E-state index in [2.05, 4.69) is 10.0 Å². The maximum atomic E-state index is 12.6. The van der Waals surface area contributed by atoms with Crippen LogP contribution < -0.4 is 5.73 Å². The van der Waals surface area contributed by atoms with Crippen molar-refractivity contribution in [3.63, 3.8) is 0 Å². The zero-order valence-corrected chi connectivity index (χ0v) is 16.3. The molecule has 0 bridgehead atoms. The van der Waals surface area contributed by atoms with Crippen molar-refractivity contribution >= 4 is 17.7 Å². The van der Waals surface area contributed by atoms with Gasteiger partial charge in [0.05, 0.1) is 31.9 Å². The standard InChI is InChI=1S/C17H24N4O6S/c1-9-3-5-10(6-4-9)28-17(16(25)26-2)7-11(22)13(18)15(27-17)14(24)12(23)8-20-21-19/h3-6,11-15,22-24H,7-8,18H2,1-2H3/t11-,12+,13+,14+,15+,17+/m0/s1. The molecule has 1 aliphatic heterocycles. The first kappa shape index (κ1) is 22.4. The first-order valence-corrected chi connectivity index (χ1v) is 9.38. The molecular weight excluding hydrogens is 388 g/mol. The SMILES string of the molecule is COC(=O)[C@]1(Sc2ccc(C)cc2)C[C@H](O)[C@@H](N)[C@H]([C@H](O)[C@H](O)CN=[N+]=[N-])O1. The summed E-state index contributed by atoms with van der Waals surface area (Å²) in [5, 5.41) is 34.1. The van der Waals surface area contributed by atoms with Gasteiger partial charge in [0.2, 0.25) is 4.93 Å². The molecule has 0 amide bonds. The second kappa shape index (κ2) is 9.57. The summed E-state index contributed by atoms with van der Waals surface area (Å²) in [5.74, 6) is -0.759. The Bertz CT molecular complexity index is 729. The average Bonchev–Trinajstić information content (AvgIpc) is 2.69. The van der Waals surface area contributed by atoms with E-state index >= 15 is 0 Å². The molecule has 5 N–H and O–H groups in total. The summed E-state index contributed by atoms with van der Waals surface area (Å²) in [7, 11) is 1.19. The summed E-state index contributed by atoms with van der Waals surface area (Å²) in [4.78, 5) is 14.1. The normalized spacial score (nSPS) is 29.4. The number of benzene rings is 1. The molecule has 1 fully saturated rings. The van der Waals surface area contributed by atoms with Gasteiger partial charge in [0.25, 0.3) is 0 Å². The van der Waals surface area contributed by atoms with Gasteiger partial charge in [-0.05, 0) is 24.6 Å². The highest BCUT2D eigenvalue weighted by molar-refractivity contribution is 8.01. The molecular formula is C17H24N4O6S. The zero-order valence-electron chi connectivity index (χ0n) is 15.5. The Morgan fingerprint density at radius 3 is 2.71 bits per heavy atom. The highest BCUT2D eigenvalue weighted by atomic mass is 32.2. The van der Waals surface area contributed by atoms with Crippen molar-refractivity contribution in [2.45, 2.75) is 53.6 Å². The fourth-order valence-electron chi connectivity index (χ4n) is 2.91. The minimum Gasteiger partial charge on any atom is -0.466 e. The van der Waals surface area contributed by atoms with Gasteiger partial charge in [0, 0.05) is 16.2 Å². The topological polar surface area (TPSA) is 171 Å². The Morgan fingerprint density at radius 2 is 2.14 bits per heavy atom. The van der Waals surface area contributed by atoms with Crippen LogP contribution in [0.15, 0.2) is 34.3 Å². The second-order valence-corrected chi connectivity index (χ2v) is 7.90. The number of aliphatic hydroxyl groups excluding tert-OH is 3. The van der Waals surface area contributed by atoms with Gasteiger partial charge in [-0.25, -0.2) is 4.79 Å². The minimum atomic E-state index is -1.68. The van der Waals surface area contributed by atoms with Gasteiger partial charge in [0.15, 0.2) is 0 Å². The Labute approximate surface area is 166 Å². The van der Waals surface area contributed by atoms with Gasteiger partial charge in [-0.3, -0.25) is 0 Å². The van der Waals surface area contributed by atoms with Crippen molar-refractivity contribution in [2.24, 2.45) is 10.8 Å². The van der Waals surface area contributed by atoms with Crippen molar-refractivity contribution in [3.05, 3.63) is 40.3 Å². The molecule has 11 heteroatoms. The van der Waals surface area contributed by atoms with Crippen molar-refractivity contribution in [1.29, 1.82) is 0 Å². The molecule has 0 aromatic heterocycles. The maximum absolute atomic E-state index is 12.6. The molecule has 28 heavy (non-hydrogen) atoms. The number of aliphatic hydroxyl groups is 3. The first-order valence-electron chi connectivity index (χ1n) is 8.56. The van der Waals surface area contributed by atoms with Crippen molar-refractivity contribution < 1.29 is 29.6 Å². The number of hydrogen-bond acceptors (Lipinski definition) is 9. The molecule has 0 unspecified atom stereocenters. The van der Waals surface area contributed by atoms with Gasteiger partial charge in [-0.1, -0.05) is 34.6 Å². The van der Waals surface area contributed by atoms with Crippen LogP contribution in [0.5, 0.6) is 0 Å². The quantitative estimate of drug-likeness (QED) is 0.216. The highest BCUT2D eigenvalue weighted by Crippen LogP contribution is 2.44. The molecule has 6 atom stereocenters. The summed E-state index contributed by atoms with van der Waals surface area (Å²) in [6.07, 6.45) is -5.77. The molecule has 0 radical (unpaired) electrons. The minimum absolute atomic E-state index is 0.172. The van der Waals surface area contributed by atoms with E-state index < -0.39 is 47.9 Å². The number of nitrogens with zero attached hydrogens (tertiary/aromatic N) is 3. The number of methoxy groups -OCH3 is 1. The summed E-state index contributed by atoms with van der Waals surface area (Å²) < 4.78 is 10.7. The Morgan fingerprint density at radius 1 is 1.50 bits per heavy atom. The Balaban J connectivity index is 2.34. The van der Waals surface area contributed by atoms with E-state index in [1.54, 1.807) is 12.1 Å². The predicted molar refractivity (Wildman–Crippen MR) is 101 cm³/mol. The predicted octanol–water partition coefficient (Wildman–Crippen LogP) is 0.466. The molecule has 1 aliphatic rings. The molecule has 0 spiro atoms. The van der Waals surface area contributed by atoms with Crippen LogP contribution in [0, 0.1) is 6.92 Å². The van der Waals surface area contributed by atoms with E-state index in [0.29, 0.717) is 4.90 Å². The average molecular weight is 412 g/mol. The second-order valence-electron chi connectivity index (χ2n) is 6.56. The van der Waals surface area contributed by atoms with Gasteiger partial charge in [-0.2, -0.15) is 0 Å². The van der Waals surface area contributed by atoms with Crippen molar-refractivity contribution in [1.82, 2.24) is 0 Å². The lowest BCUT2D eigenvalue weighted by Crippen LogP contribution is -2.64. The van der Waals surface area contributed by atoms with Crippen LogP contribution in [-0.4, -0.2) is 70.3 Å². The number of rotatable bonds is 7. The van der Waals surface area contributed by atoms with Crippen LogP contribution in [-0.2, 0) is 14.3 Å². The molecule has 10 nitrogen and oxygen atoms in total. The van der Waals surface area contributed by atoms with E-state index in [0.717, 1.165) is 17.3 Å². The number of ether oxygens (including phenoxy) is 2. The summed E-state index contributed by atoms with van der Waals surface area (Å²) in [5.41, 5.74) is 15.4. The van der Waals surface area contributed by atoms with Crippen molar-refractivity contribution in [3.8, 4) is 0 Å². The summed E-state index contributed by atoms with van der Waals surface area (Å²) in [6, 6.07) is 6.21. The third kappa shape index (κ3) is 4.95. The van der Waals surface area contributed by atoms with Crippen molar-refractivity contribution in [2.75, 3.05) is 13.7 Å². The molecule has 0 saturated carbocycles. The third-order valence-electron chi connectivity index (χ3n) is 4.49. The molecule has 154 valence electrons. The van der Waals surface area contributed by atoms with E-state index in [1.807, 2.05) is 19.1 Å². The van der Waals surface area contributed by atoms with Crippen LogP contribution in [0.3, 0.4) is 0 Å². The Kier molecular flexibility index (Phi) is 7.67. The molecule has 0 aliphatic carbocycles. The van der Waals surface area contributed by atoms with Gasteiger partial charge in [0.1, 0.15) is 12.2 Å². The number of carbonyl (C=O) groups is 1. The van der Waals surface area contributed by atoms with Crippen LogP contribution >= 0.6 is 11.8 Å². The number of carbonyl (C=O) groups excluding carboxylic acids is 1. The lowest BCUT2D eigenvalue weighted by atomic mass is 9.90. The van der Waals surface area contributed by atoms with E-state index in [4.69, 9.17) is 20.7 Å². The van der Waals surface area contributed by atoms with E-state index in [-0.39, 0.29) is 6.42 Å². The summed E-state index contributed by atoms with van der Waals surface area (Å²) in [6.45, 7) is 1.50. The van der Waals surface area contributed by atoms with E-state index in [1.165, 1.54) is 7.11 Å². The highest BCUT2D eigenvalue weighted by Gasteiger charge is 2.54. The zero-order chi connectivity index (χ0) is 20.9. The van der Waals surface area contributed by atoms with E-state index in [9.17, 15) is 20.1 Å². The number of nitrogens with two attached hydrogens (primary N) is 1. The van der Waals surface area contributed by atoms with Crippen LogP contribution in [0.25, 0.3) is 10.4 Å². The fourth-order valence-corrected chi connectivity index (χ4v) is 4.15. The number of aryl methyl sites for hydroxylation is 1. The molecule has 1 heterocycles. The van der Waals surface area contributed by atoms with Gasteiger partial charge in [-0.15, -0.1) is 0 Å².